The molecule has 0 bridgehead atoms. The molecule has 0 fully saturated rings. The second-order valence-electron chi connectivity index (χ2n) is 8.41. The van der Waals surface area contributed by atoms with Crippen LogP contribution in [0.4, 0.5) is 5.69 Å². The molecule has 0 aliphatic rings. The quantitative estimate of drug-likeness (QED) is 0.255. The van der Waals surface area contributed by atoms with Crippen LogP contribution in [0.5, 0.6) is 11.5 Å². The highest BCUT2D eigenvalue weighted by atomic mass is 32.2. The van der Waals surface area contributed by atoms with Gasteiger partial charge in [-0.2, -0.15) is 4.31 Å². The van der Waals surface area contributed by atoms with Gasteiger partial charge >= 0.3 is 11.9 Å². The predicted octanol–water partition coefficient (Wildman–Crippen LogP) is 3.56. The van der Waals surface area contributed by atoms with Gasteiger partial charge in [-0.3, -0.25) is 19.7 Å². The number of sulfonamides is 1. The first-order valence-electron chi connectivity index (χ1n) is 9.88. The molecule has 0 atom stereocenters. The van der Waals surface area contributed by atoms with Crippen molar-refractivity contribution in [2.45, 2.75) is 51.5 Å². The number of nitro groups is 1. The molecule has 2 aromatic rings. The van der Waals surface area contributed by atoms with Crippen LogP contribution in [0.25, 0.3) is 0 Å². The number of esters is 2. The van der Waals surface area contributed by atoms with Crippen molar-refractivity contribution >= 4 is 27.6 Å². The second-order valence-corrected chi connectivity index (χ2v) is 10.5. The number of hydrogen-bond acceptors (Lipinski definition) is 8. The molecule has 0 N–H and O–H groups in total. The van der Waals surface area contributed by atoms with Gasteiger partial charge in [0.25, 0.3) is 5.69 Å². The Kier molecular flexibility index (Phi) is 7.60. The summed E-state index contributed by atoms with van der Waals surface area (Å²) in [7, 11) is -2.72. The maximum atomic E-state index is 13.0. The summed E-state index contributed by atoms with van der Waals surface area (Å²) in [4.78, 5) is 33.4. The van der Waals surface area contributed by atoms with Crippen molar-refractivity contribution in [1.82, 2.24) is 4.31 Å². The van der Waals surface area contributed by atoms with E-state index < -0.39 is 32.3 Å². The minimum absolute atomic E-state index is 0.133. The molecule has 2 rings (SSSR count). The highest BCUT2D eigenvalue weighted by Gasteiger charge is 2.27. The summed E-state index contributed by atoms with van der Waals surface area (Å²) in [5.74, 6) is -0.799. The fourth-order valence-electron chi connectivity index (χ4n) is 3.05. The smallest absolute Gasteiger partial charge is 0.308 e. The van der Waals surface area contributed by atoms with Gasteiger partial charge in [0.15, 0.2) is 0 Å². The van der Waals surface area contributed by atoms with Crippen LogP contribution >= 0.6 is 0 Å². The summed E-state index contributed by atoms with van der Waals surface area (Å²) in [5, 5.41) is 10.8. The first kappa shape index (κ1) is 25.9. The van der Waals surface area contributed by atoms with Crippen LogP contribution in [0, 0.1) is 10.1 Å². The fourth-order valence-corrected chi connectivity index (χ4v) is 4.19. The van der Waals surface area contributed by atoms with Crippen molar-refractivity contribution in [1.29, 1.82) is 0 Å². The van der Waals surface area contributed by atoms with Gasteiger partial charge in [-0.05, 0) is 29.7 Å². The van der Waals surface area contributed by atoms with E-state index >= 15 is 0 Å². The van der Waals surface area contributed by atoms with E-state index in [0.717, 1.165) is 28.6 Å². The molecule has 0 aliphatic heterocycles. The van der Waals surface area contributed by atoms with Crippen LogP contribution in [-0.2, 0) is 31.6 Å². The third-order valence-electron chi connectivity index (χ3n) is 4.63. The van der Waals surface area contributed by atoms with Gasteiger partial charge in [0.1, 0.15) is 11.5 Å². The molecular formula is C22H26N2O8S. The van der Waals surface area contributed by atoms with Crippen molar-refractivity contribution < 1.29 is 32.4 Å². The molecule has 0 saturated heterocycles. The molecule has 0 aromatic heterocycles. The van der Waals surface area contributed by atoms with E-state index in [2.05, 4.69) is 0 Å². The highest BCUT2D eigenvalue weighted by Crippen LogP contribution is 2.38. The SMILES string of the molecule is CC(=O)Oc1cc(C(C)(C)C)c(OC(C)=O)cc1CN(C)S(=O)(=O)c1ccc([N+](=O)[O-])cc1. The third-order valence-corrected chi connectivity index (χ3v) is 6.44. The average molecular weight is 479 g/mol. The zero-order valence-corrected chi connectivity index (χ0v) is 20.1. The molecule has 178 valence electrons. The zero-order valence-electron chi connectivity index (χ0n) is 19.2. The minimum atomic E-state index is -4.04. The van der Waals surface area contributed by atoms with E-state index in [1.54, 1.807) is 6.07 Å². The molecule has 0 spiro atoms. The Labute approximate surface area is 192 Å². The number of nitrogens with zero attached hydrogens (tertiary/aromatic N) is 2. The van der Waals surface area contributed by atoms with Crippen molar-refractivity contribution in [2.24, 2.45) is 0 Å². The molecule has 2 aromatic carbocycles. The van der Waals surface area contributed by atoms with Crippen LogP contribution < -0.4 is 9.47 Å². The summed E-state index contributed by atoms with van der Waals surface area (Å²) >= 11 is 0. The van der Waals surface area contributed by atoms with Gasteiger partial charge in [-0.1, -0.05) is 20.8 Å². The topological polar surface area (TPSA) is 133 Å². The number of nitro benzene ring substituents is 1. The highest BCUT2D eigenvalue weighted by molar-refractivity contribution is 7.89. The number of carbonyl (C=O) groups is 2. The number of hydrogen-bond donors (Lipinski definition) is 0. The van der Waals surface area contributed by atoms with Crippen LogP contribution in [0.1, 0.15) is 45.7 Å². The summed E-state index contributed by atoms with van der Waals surface area (Å²) < 4.78 is 37.7. The van der Waals surface area contributed by atoms with Gasteiger partial charge < -0.3 is 9.47 Å². The first-order chi connectivity index (χ1) is 15.1. The van der Waals surface area contributed by atoms with Gasteiger partial charge in [-0.15, -0.1) is 0 Å². The largest absolute Gasteiger partial charge is 0.426 e. The lowest BCUT2D eigenvalue weighted by molar-refractivity contribution is -0.384. The lowest BCUT2D eigenvalue weighted by atomic mass is 9.85. The number of non-ortho nitro benzene ring substituents is 1. The summed E-state index contributed by atoms with van der Waals surface area (Å²) in [6, 6.07) is 7.52. The van der Waals surface area contributed by atoms with Gasteiger partial charge in [0.05, 0.1) is 9.82 Å². The van der Waals surface area contributed by atoms with Gasteiger partial charge in [0.2, 0.25) is 10.0 Å². The standard InChI is InChI=1S/C22H26N2O8S/c1-14(25)31-20-12-19(22(3,4)5)21(32-15(2)26)11-16(20)13-23(6)33(29,30)18-9-7-17(8-10-18)24(27)28/h7-12H,13H2,1-6H3. The Hall–Kier alpha value is -3.31. The molecule has 33 heavy (non-hydrogen) atoms. The number of carbonyl (C=O) groups excluding carboxylic acids is 2. The Balaban J connectivity index is 2.53. The van der Waals surface area contributed by atoms with Crippen LogP contribution in [0.15, 0.2) is 41.3 Å². The lowest BCUT2D eigenvalue weighted by Crippen LogP contribution is -2.27. The molecule has 0 aliphatic carbocycles. The second kappa shape index (κ2) is 9.67. The molecular weight excluding hydrogens is 452 g/mol. The third kappa shape index (κ3) is 6.36. The van der Waals surface area contributed by atoms with E-state index in [1.165, 1.54) is 27.0 Å². The summed E-state index contributed by atoms with van der Waals surface area (Å²) in [6.45, 7) is 7.91. The van der Waals surface area contributed by atoms with Crippen molar-refractivity contribution in [3.8, 4) is 11.5 Å². The average Bonchev–Trinajstić information content (AvgIpc) is 2.68. The Morgan fingerprint density at radius 2 is 1.52 bits per heavy atom. The molecule has 0 radical (unpaired) electrons. The fraction of sp³-hybridized carbons (Fsp3) is 0.364. The Morgan fingerprint density at radius 1 is 1.00 bits per heavy atom. The van der Waals surface area contributed by atoms with E-state index in [9.17, 15) is 28.1 Å². The maximum Gasteiger partial charge on any atom is 0.308 e. The Bertz CT molecular complexity index is 1180. The normalized spacial score (nSPS) is 11.8. The Morgan fingerprint density at radius 3 is 1.97 bits per heavy atom. The monoisotopic (exact) mass is 478 g/mol. The molecule has 0 saturated carbocycles. The lowest BCUT2D eigenvalue weighted by Gasteiger charge is -2.25. The number of ether oxygens (including phenoxy) is 2. The molecule has 11 heteroatoms. The maximum absolute atomic E-state index is 13.0. The van der Waals surface area contributed by atoms with E-state index in [0.29, 0.717) is 11.1 Å². The van der Waals surface area contributed by atoms with Crippen molar-refractivity contribution in [2.75, 3.05) is 7.05 Å². The minimum Gasteiger partial charge on any atom is -0.426 e. The summed E-state index contributed by atoms with van der Waals surface area (Å²) in [5.41, 5.74) is 0.174. The first-order valence-corrected chi connectivity index (χ1v) is 11.3. The summed E-state index contributed by atoms with van der Waals surface area (Å²) in [6.07, 6.45) is 0. The number of rotatable bonds is 7. The molecule has 0 unspecified atom stereocenters. The van der Waals surface area contributed by atoms with Crippen LogP contribution in [-0.4, -0.2) is 36.6 Å². The number of benzene rings is 2. The zero-order chi connectivity index (χ0) is 25.1. The van der Waals surface area contributed by atoms with Crippen LogP contribution in [0.3, 0.4) is 0 Å². The molecule has 0 heterocycles. The predicted molar refractivity (Wildman–Crippen MR) is 120 cm³/mol. The van der Waals surface area contributed by atoms with E-state index in [-0.39, 0.29) is 28.6 Å². The van der Waals surface area contributed by atoms with Gasteiger partial charge in [-0.25, -0.2) is 8.42 Å². The van der Waals surface area contributed by atoms with Gasteiger partial charge in [0, 0.05) is 50.7 Å². The van der Waals surface area contributed by atoms with E-state index in [4.69, 9.17) is 9.47 Å². The van der Waals surface area contributed by atoms with Crippen LogP contribution in [0.2, 0.25) is 0 Å². The molecule has 0 amide bonds. The van der Waals surface area contributed by atoms with Crippen molar-refractivity contribution in [3.05, 3.63) is 57.6 Å². The van der Waals surface area contributed by atoms with Crippen molar-refractivity contribution in [3.63, 3.8) is 0 Å². The van der Waals surface area contributed by atoms with E-state index in [1.807, 2.05) is 20.8 Å². The molecule has 10 nitrogen and oxygen atoms in total.